The molecule has 0 spiro atoms. The van der Waals surface area contributed by atoms with Gasteiger partial charge in [0.2, 0.25) is 5.88 Å². The average molecular weight is 588 g/mol. The van der Waals surface area contributed by atoms with E-state index in [-0.39, 0.29) is 43.2 Å². The fraction of sp³-hybridized carbons (Fsp3) is 0.406. The number of benzene rings is 2. The van der Waals surface area contributed by atoms with Crippen molar-refractivity contribution < 1.29 is 29.0 Å². The molecule has 0 radical (unpaired) electrons. The van der Waals surface area contributed by atoms with Crippen LogP contribution in [0.3, 0.4) is 0 Å². The number of phenols is 1. The SMILES string of the molecule is CCOC(=O)N1CCN(C(=O)C(C)(NC(=O)c2cc(OC3CCCC3)nc(-c3ccccc3)n2)c2cccc(O)c2)CC1. The first-order valence-corrected chi connectivity index (χ1v) is 14.7. The quantitative estimate of drug-likeness (QED) is 0.402. The Balaban J connectivity index is 1.44. The van der Waals surface area contributed by atoms with Crippen molar-refractivity contribution in [1.82, 2.24) is 25.1 Å². The lowest BCUT2D eigenvalue weighted by atomic mass is 9.89. The molecule has 1 aromatic heterocycles. The summed E-state index contributed by atoms with van der Waals surface area (Å²) in [7, 11) is 0. The van der Waals surface area contributed by atoms with Gasteiger partial charge in [0.25, 0.3) is 11.8 Å². The Kier molecular flexibility index (Phi) is 9.08. The molecule has 3 aromatic rings. The summed E-state index contributed by atoms with van der Waals surface area (Å²) in [6, 6.07) is 17.1. The molecule has 5 rings (SSSR count). The van der Waals surface area contributed by atoms with Crippen LogP contribution in [-0.2, 0) is 15.1 Å². The molecule has 2 N–H and O–H groups in total. The van der Waals surface area contributed by atoms with E-state index in [1.807, 2.05) is 30.3 Å². The van der Waals surface area contributed by atoms with E-state index in [4.69, 9.17) is 9.47 Å². The normalized spacial score (nSPS) is 16.8. The molecule has 1 atom stereocenters. The van der Waals surface area contributed by atoms with Crippen LogP contribution in [-0.4, -0.2) is 81.7 Å². The van der Waals surface area contributed by atoms with Crippen LogP contribution >= 0.6 is 0 Å². The van der Waals surface area contributed by atoms with E-state index in [1.165, 1.54) is 18.2 Å². The van der Waals surface area contributed by atoms with E-state index in [1.54, 1.807) is 35.8 Å². The predicted molar refractivity (Wildman–Crippen MR) is 158 cm³/mol. The molecule has 0 bridgehead atoms. The zero-order chi connectivity index (χ0) is 30.4. The molecule has 226 valence electrons. The van der Waals surface area contributed by atoms with E-state index < -0.39 is 17.5 Å². The molecule has 2 fully saturated rings. The highest BCUT2D eigenvalue weighted by Gasteiger charge is 2.42. The van der Waals surface area contributed by atoms with Gasteiger partial charge in [0.1, 0.15) is 23.1 Å². The second-order valence-corrected chi connectivity index (χ2v) is 10.9. The van der Waals surface area contributed by atoms with Crippen molar-refractivity contribution in [3.8, 4) is 23.0 Å². The minimum atomic E-state index is -1.56. The highest BCUT2D eigenvalue weighted by molar-refractivity contribution is 5.99. The van der Waals surface area contributed by atoms with E-state index in [0.29, 0.717) is 30.4 Å². The second-order valence-electron chi connectivity index (χ2n) is 10.9. The van der Waals surface area contributed by atoms with Gasteiger partial charge in [-0.1, -0.05) is 42.5 Å². The molecule has 2 aromatic carbocycles. The number of aromatic nitrogens is 2. The third kappa shape index (κ3) is 6.87. The first-order valence-electron chi connectivity index (χ1n) is 14.7. The van der Waals surface area contributed by atoms with Crippen molar-refractivity contribution in [3.63, 3.8) is 0 Å². The number of hydrogen-bond acceptors (Lipinski definition) is 8. The van der Waals surface area contributed by atoms with Crippen LogP contribution in [0.2, 0.25) is 0 Å². The Morgan fingerprint density at radius 2 is 1.65 bits per heavy atom. The van der Waals surface area contributed by atoms with Crippen LogP contribution in [0, 0.1) is 0 Å². The van der Waals surface area contributed by atoms with Crippen LogP contribution < -0.4 is 10.1 Å². The second kappa shape index (κ2) is 13.1. The van der Waals surface area contributed by atoms with Gasteiger partial charge in [0, 0.05) is 37.8 Å². The molecule has 1 saturated heterocycles. The third-order valence-corrected chi connectivity index (χ3v) is 7.86. The van der Waals surface area contributed by atoms with E-state index in [0.717, 1.165) is 31.2 Å². The summed E-state index contributed by atoms with van der Waals surface area (Å²) in [5.74, 6) is -0.387. The summed E-state index contributed by atoms with van der Waals surface area (Å²) >= 11 is 0. The summed E-state index contributed by atoms with van der Waals surface area (Å²) in [4.78, 5) is 52.6. The van der Waals surface area contributed by atoms with Gasteiger partial charge in [-0.25, -0.2) is 9.78 Å². The molecule has 2 aliphatic rings. The number of nitrogens with one attached hydrogen (secondary N) is 1. The van der Waals surface area contributed by atoms with Gasteiger partial charge in [0.15, 0.2) is 5.82 Å². The number of phenolic OH excluding ortho intramolecular Hbond substituents is 1. The van der Waals surface area contributed by atoms with Crippen LogP contribution in [0.4, 0.5) is 4.79 Å². The van der Waals surface area contributed by atoms with Crippen molar-refractivity contribution in [3.05, 3.63) is 71.9 Å². The average Bonchev–Trinajstić information content (AvgIpc) is 3.54. The number of piperazine rings is 1. The third-order valence-electron chi connectivity index (χ3n) is 7.86. The summed E-state index contributed by atoms with van der Waals surface area (Å²) in [6.07, 6.45) is 3.58. The van der Waals surface area contributed by atoms with Crippen LogP contribution in [0.1, 0.15) is 55.6 Å². The zero-order valence-electron chi connectivity index (χ0n) is 24.5. The van der Waals surface area contributed by atoms with Gasteiger partial charge in [-0.15, -0.1) is 0 Å². The molecule has 43 heavy (non-hydrogen) atoms. The van der Waals surface area contributed by atoms with Crippen molar-refractivity contribution in [2.24, 2.45) is 0 Å². The molecule has 1 aliphatic heterocycles. The maximum atomic E-state index is 14.1. The lowest BCUT2D eigenvalue weighted by molar-refractivity contribution is -0.139. The Morgan fingerprint density at radius 1 is 0.953 bits per heavy atom. The minimum absolute atomic E-state index is 0.0156. The highest BCUT2D eigenvalue weighted by atomic mass is 16.6. The Morgan fingerprint density at radius 3 is 2.33 bits per heavy atom. The first kappa shape index (κ1) is 29.8. The fourth-order valence-electron chi connectivity index (χ4n) is 5.48. The zero-order valence-corrected chi connectivity index (χ0v) is 24.5. The summed E-state index contributed by atoms with van der Waals surface area (Å²) in [5.41, 5.74) is -0.391. The number of carbonyl (C=O) groups excluding carboxylic acids is 3. The Bertz CT molecular complexity index is 1450. The monoisotopic (exact) mass is 587 g/mol. The summed E-state index contributed by atoms with van der Waals surface area (Å²) in [6.45, 7) is 4.72. The first-order chi connectivity index (χ1) is 20.8. The number of carbonyl (C=O) groups is 3. The lowest BCUT2D eigenvalue weighted by Gasteiger charge is -2.40. The topological polar surface area (TPSA) is 134 Å². The maximum absolute atomic E-state index is 14.1. The molecular formula is C32H37N5O6. The number of amides is 3. The maximum Gasteiger partial charge on any atom is 0.409 e. The molecule has 1 aliphatic carbocycles. The van der Waals surface area contributed by atoms with Crippen molar-refractivity contribution in [1.29, 1.82) is 0 Å². The van der Waals surface area contributed by atoms with Crippen LogP contribution in [0.15, 0.2) is 60.7 Å². The Hall–Kier alpha value is -4.67. The van der Waals surface area contributed by atoms with E-state index in [2.05, 4.69) is 15.3 Å². The van der Waals surface area contributed by atoms with Crippen molar-refractivity contribution in [2.45, 2.75) is 51.2 Å². The van der Waals surface area contributed by atoms with Crippen LogP contribution in [0.25, 0.3) is 11.4 Å². The number of hydrogen-bond donors (Lipinski definition) is 2. The van der Waals surface area contributed by atoms with Crippen molar-refractivity contribution in [2.75, 3.05) is 32.8 Å². The Labute approximate surface area is 250 Å². The van der Waals surface area contributed by atoms with Crippen LogP contribution in [0.5, 0.6) is 11.6 Å². The predicted octanol–water partition coefficient (Wildman–Crippen LogP) is 4.12. The molecule has 3 amide bonds. The number of rotatable bonds is 8. The highest BCUT2D eigenvalue weighted by Crippen LogP contribution is 2.29. The molecule has 11 nitrogen and oxygen atoms in total. The standard InChI is InChI=1S/C32H37N5O6/c1-3-42-31(41)37-18-16-36(17-19-37)30(40)32(2,23-12-9-13-24(38)20-23)35-29(39)26-21-27(43-25-14-7-8-15-25)34-28(33-26)22-10-5-4-6-11-22/h4-6,9-13,20-21,25,38H,3,7-8,14-19H2,1-2H3,(H,35,39). The number of nitrogens with zero attached hydrogens (tertiary/aromatic N) is 4. The van der Waals surface area contributed by atoms with E-state index in [9.17, 15) is 19.5 Å². The molecule has 2 heterocycles. The molecule has 11 heteroatoms. The van der Waals surface area contributed by atoms with Gasteiger partial charge in [-0.2, -0.15) is 4.98 Å². The fourth-order valence-corrected chi connectivity index (χ4v) is 5.48. The van der Waals surface area contributed by atoms with Gasteiger partial charge >= 0.3 is 6.09 Å². The van der Waals surface area contributed by atoms with Gasteiger partial charge < -0.3 is 29.7 Å². The molecule has 1 unspecified atom stereocenters. The largest absolute Gasteiger partial charge is 0.508 e. The van der Waals surface area contributed by atoms with Gasteiger partial charge in [-0.3, -0.25) is 9.59 Å². The van der Waals surface area contributed by atoms with Gasteiger partial charge in [-0.05, 0) is 57.2 Å². The number of ether oxygens (including phenoxy) is 2. The van der Waals surface area contributed by atoms with Gasteiger partial charge in [0.05, 0.1) is 6.61 Å². The van der Waals surface area contributed by atoms with Crippen molar-refractivity contribution >= 4 is 17.9 Å². The molecular weight excluding hydrogens is 550 g/mol. The molecule has 1 saturated carbocycles. The summed E-state index contributed by atoms with van der Waals surface area (Å²) in [5, 5.41) is 13.2. The lowest BCUT2D eigenvalue weighted by Crippen LogP contribution is -2.60. The smallest absolute Gasteiger partial charge is 0.409 e. The number of aromatic hydroxyl groups is 1. The van der Waals surface area contributed by atoms with E-state index >= 15 is 0 Å². The summed E-state index contributed by atoms with van der Waals surface area (Å²) < 4.78 is 11.3. The minimum Gasteiger partial charge on any atom is -0.508 e.